The number of thiophene rings is 1. The van der Waals surface area contributed by atoms with E-state index in [0.29, 0.717) is 42.1 Å². The highest BCUT2D eigenvalue weighted by Crippen LogP contribution is 2.28. The van der Waals surface area contributed by atoms with E-state index >= 15 is 0 Å². The normalized spacial score (nSPS) is 25.5. The monoisotopic (exact) mass is 396 g/mol. The van der Waals surface area contributed by atoms with Crippen LogP contribution in [0.1, 0.15) is 19.2 Å². The number of aromatic nitrogens is 2. The Morgan fingerprint density at radius 3 is 2.88 bits per heavy atom. The number of piperazine rings is 1. The number of hydrogen-bond donors (Lipinski definition) is 1. The fourth-order valence-electron chi connectivity index (χ4n) is 3.92. The smallest absolute Gasteiger partial charge is 0.268 e. The lowest BCUT2D eigenvalue weighted by atomic mass is 10.0. The molecule has 140 valence electrons. The van der Waals surface area contributed by atoms with Gasteiger partial charge in [0.25, 0.3) is 5.56 Å². The third-order valence-electron chi connectivity index (χ3n) is 5.13. The first-order chi connectivity index (χ1) is 12.4. The lowest BCUT2D eigenvalue weighted by Crippen LogP contribution is -2.60. The summed E-state index contributed by atoms with van der Waals surface area (Å²) in [7, 11) is -3.19. The summed E-state index contributed by atoms with van der Waals surface area (Å²) >= 11 is 1.35. The van der Waals surface area contributed by atoms with Gasteiger partial charge < -0.3 is 9.88 Å². The van der Waals surface area contributed by atoms with Gasteiger partial charge in [0.2, 0.25) is 5.91 Å². The van der Waals surface area contributed by atoms with Crippen LogP contribution < -0.4 is 5.56 Å². The van der Waals surface area contributed by atoms with E-state index in [1.54, 1.807) is 17.9 Å². The highest BCUT2D eigenvalue weighted by atomic mass is 32.2. The number of H-pyrrole nitrogens is 1. The highest BCUT2D eigenvalue weighted by Gasteiger charge is 2.47. The molecule has 2 atom stereocenters. The Balaban J connectivity index is 1.62. The molecule has 26 heavy (non-hydrogen) atoms. The van der Waals surface area contributed by atoms with Gasteiger partial charge in [-0.25, -0.2) is 13.4 Å². The van der Waals surface area contributed by atoms with Gasteiger partial charge in [0, 0.05) is 25.6 Å². The summed E-state index contributed by atoms with van der Waals surface area (Å²) in [6, 6.07) is 1.23. The number of nitrogens with one attached hydrogen (secondary N) is 1. The molecule has 0 unspecified atom stereocenters. The first-order valence-electron chi connectivity index (χ1n) is 8.58. The predicted molar refractivity (Wildman–Crippen MR) is 98.9 cm³/mol. The lowest BCUT2D eigenvalue weighted by Gasteiger charge is -2.43. The van der Waals surface area contributed by atoms with Crippen molar-refractivity contribution in [3.8, 4) is 0 Å². The topological polar surface area (TPSA) is 103 Å². The van der Waals surface area contributed by atoms with Crippen LogP contribution in [0.25, 0.3) is 10.2 Å². The number of fused-ring (bicyclic) bond motifs is 2. The summed E-state index contributed by atoms with van der Waals surface area (Å²) in [5.41, 5.74) is 0.486. The molecule has 1 amide bonds. The fourth-order valence-corrected chi connectivity index (χ4v) is 6.66. The second kappa shape index (κ2) is 6.43. The van der Waals surface area contributed by atoms with Gasteiger partial charge in [0.1, 0.15) is 10.5 Å². The quantitative estimate of drug-likeness (QED) is 0.795. The molecule has 0 aromatic carbocycles. The van der Waals surface area contributed by atoms with Gasteiger partial charge >= 0.3 is 0 Å². The molecule has 2 aromatic heterocycles. The first-order valence-corrected chi connectivity index (χ1v) is 11.3. The molecule has 0 aliphatic carbocycles. The van der Waals surface area contributed by atoms with E-state index in [2.05, 4.69) is 9.97 Å². The predicted octanol–water partition coefficient (Wildman–Crippen LogP) is 0.204. The average molecular weight is 396 g/mol. The zero-order valence-electron chi connectivity index (χ0n) is 14.3. The van der Waals surface area contributed by atoms with Crippen molar-refractivity contribution in [3.63, 3.8) is 0 Å². The number of amides is 1. The van der Waals surface area contributed by atoms with Crippen molar-refractivity contribution in [2.24, 2.45) is 0 Å². The maximum absolute atomic E-state index is 12.2. The molecule has 2 aromatic rings. The van der Waals surface area contributed by atoms with E-state index in [4.69, 9.17) is 0 Å². The van der Waals surface area contributed by atoms with Crippen LogP contribution in [-0.2, 0) is 21.2 Å². The summed E-state index contributed by atoms with van der Waals surface area (Å²) < 4.78 is 25.0. The lowest BCUT2D eigenvalue weighted by molar-refractivity contribution is -0.136. The van der Waals surface area contributed by atoms with E-state index in [1.165, 1.54) is 11.3 Å². The van der Waals surface area contributed by atoms with Crippen LogP contribution in [0.3, 0.4) is 0 Å². The van der Waals surface area contributed by atoms with Crippen molar-refractivity contribution < 1.29 is 13.2 Å². The number of carbonyl (C=O) groups is 1. The van der Waals surface area contributed by atoms with Crippen LogP contribution in [0.15, 0.2) is 16.2 Å². The minimum absolute atomic E-state index is 0.00736. The van der Waals surface area contributed by atoms with Crippen LogP contribution in [0, 0.1) is 0 Å². The molecule has 0 radical (unpaired) electrons. The summed E-state index contributed by atoms with van der Waals surface area (Å²) in [6.45, 7) is 3.21. The molecule has 2 fully saturated rings. The van der Waals surface area contributed by atoms with Crippen LogP contribution in [0.4, 0.5) is 0 Å². The number of sulfone groups is 1. The highest BCUT2D eigenvalue weighted by molar-refractivity contribution is 7.91. The molecule has 0 bridgehead atoms. The van der Waals surface area contributed by atoms with E-state index in [-0.39, 0.29) is 35.1 Å². The Morgan fingerprint density at radius 1 is 1.35 bits per heavy atom. The molecule has 1 N–H and O–H groups in total. The standard InChI is InChI=1S/C16H20N4O4S2/c1-2-14(21)20-5-4-19(11-8-26(23,24)9-12(11)20)7-13-17-10-3-6-25-15(10)16(22)18-13/h3,6,11-12H,2,4-5,7-9H2,1H3,(H,17,18,22)/t11-,12+/m1/s1. The largest absolute Gasteiger partial charge is 0.336 e. The minimum atomic E-state index is -3.19. The summed E-state index contributed by atoms with van der Waals surface area (Å²) in [6.07, 6.45) is 0.368. The van der Waals surface area contributed by atoms with Crippen LogP contribution in [0.2, 0.25) is 0 Å². The summed E-state index contributed by atoms with van der Waals surface area (Å²) in [4.78, 5) is 35.4. The van der Waals surface area contributed by atoms with Crippen molar-refractivity contribution in [2.75, 3.05) is 24.6 Å². The van der Waals surface area contributed by atoms with Gasteiger partial charge in [-0.05, 0) is 11.4 Å². The maximum atomic E-state index is 12.2. The Labute approximate surface area is 154 Å². The number of carbonyl (C=O) groups excluding carboxylic acids is 1. The molecule has 2 saturated heterocycles. The maximum Gasteiger partial charge on any atom is 0.268 e. The minimum Gasteiger partial charge on any atom is -0.336 e. The van der Waals surface area contributed by atoms with Crippen LogP contribution >= 0.6 is 11.3 Å². The third kappa shape index (κ3) is 3.06. The van der Waals surface area contributed by atoms with Gasteiger partial charge in [-0.2, -0.15) is 0 Å². The second-order valence-corrected chi connectivity index (χ2v) is 9.84. The zero-order chi connectivity index (χ0) is 18.5. The average Bonchev–Trinajstić information content (AvgIpc) is 3.18. The molecule has 4 heterocycles. The molecule has 0 spiro atoms. The van der Waals surface area contributed by atoms with Gasteiger partial charge in [0.05, 0.1) is 29.6 Å². The van der Waals surface area contributed by atoms with Gasteiger partial charge in [-0.15, -0.1) is 11.3 Å². The van der Waals surface area contributed by atoms with E-state index < -0.39 is 9.84 Å². The zero-order valence-corrected chi connectivity index (χ0v) is 16.0. The summed E-state index contributed by atoms with van der Waals surface area (Å²) in [5.74, 6) is 0.561. The first kappa shape index (κ1) is 17.6. The molecule has 10 heteroatoms. The molecule has 4 rings (SSSR count). The molecular formula is C16H20N4O4S2. The third-order valence-corrected chi connectivity index (χ3v) is 7.73. The van der Waals surface area contributed by atoms with E-state index in [9.17, 15) is 18.0 Å². The Hall–Kier alpha value is -1.78. The van der Waals surface area contributed by atoms with Crippen LogP contribution in [-0.4, -0.2) is 70.8 Å². The number of aromatic amines is 1. The number of rotatable bonds is 3. The molecule has 2 aliphatic rings. The van der Waals surface area contributed by atoms with E-state index in [0.717, 1.165) is 0 Å². The van der Waals surface area contributed by atoms with Crippen molar-refractivity contribution in [1.29, 1.82) is 0 Å². The van der Waals surface area contributed by atoms with Crippen molar-refractivity contribution in [2.45, 2.75) is 32.0 Å². The molecule has 8 nitrogen and oxygen atoms in total. The fraction of sp³-hybridized carbons (Fsp3) is 0.562. The second-order valence-electron chi connectivity index (χ2n) is 6.77. The van der Waals surface area contributed by atoms with E-state index in [1.807, 2.05) is 10.3 Å². The molecular weight excluding hydrogens is 376 g/mol. The van der Waals surface area contributed by atoms with Gasteiger partial charge in [-0.3, -0.25) is 14.5 Å². The Kier molecular flexibility index (Phi) is 4.36. The van der Waals surface area contributed by atoms with Crippen molar-refractivity contribution >= 4 is 37.3 Å². The van der Waals surface area contributed by atoms with Gasteiger partial charge in [0.15, 0.2) is 9.84 Å². The summed E-state index contributed by atoms with van der Waals surface area (Å²) in [5, 5.41) is 1.82. The molecule has 2 aliphatic heterocycles. The number of nitrogens with zero attached hydrogens (tertiary/aromatic N) is 3. The number of hydrogen-bond acceptors (Lipinski definition) is 7. The van der Waals surface area contributed by atoms with Crippen LogP contribution in [0.5, 0.6) is 0 Å². The Morgan fingerprint density at radius 2 is 2.12 bits per heavy atom. The SMILES string of the molecule is CCC(=O)N1CCN(Cc2nc3ccsc3c(=O)[nH]2)[C@@H]2CS(=O)(=O)C[C@@H]21. The van der Waals surface area contributed by atoms with Crippen molar-refractivity contribution in [1.82, 2.24) is 19.8 Å². The molecule has 0 saturated carbocycles. The van der Waals surface area contributed by atoms with Crippen molar-refractivity contribution in [3.05, 3.63) is 27.6 Å². The Bertz CT molecular complexity index is 1010. The van der Waals surface area contributed by atoms with Gasteiger partial charge in [-0.1, -0.05) is 6.92 Å².